The molecule has 0 aliphatic heterocycles. The molecule has 122 valence electrons. The Morgan fingerprint density at radius 1 is 0.700 bits per heavy atom. The van der Waals surface area contributed by atoms with Crippen molar-refractivity contribution in [2.75, 3.05) is 26.2 Å². The van der Waals surface area contributed by atoms with E-state index in [0.29, 0.717) is 0 Å². The van der Waals surface area contributed by atoms with Crippen molar-refractivity contribution in [3.63, 3.8) is 0 Å². The monoisotopic (exact) mass is 328 g/mol. The van der Waals surface area contributed by atoms with Crippen molar-refractivity contribution in [3.05, 3.63) is 12.2 Å². The fraction of sp³-hybridized carbons (Fsp3) is 0.857. The SMILES string of the molecule is CCN(CC)C1C=CC(N(CC)CC)C(O)C1O.Cl.Cl. The van der Waals surface area contributed by atoms with Gasteiger partial charge in [-0.1, -0.05) is 39.8 Å². The average molecular weight is 329 g/mol. The van der Waals surface area contributed by atoms with Crippen LogP contribution in [0.15, 0.2) is 12.2 Å². The Morgan fingerprint density at radius 3 is 1.15 bits per heavy atom. The lowest BCUT2D eigenvalue weighted by Crippen LogP contribution is -2.57. The van der Waals surface area contributed by atoms with Crippen LogP contribution in [0.2, 0.25) is 0 Å². The molecule has 2 N–H and O–H groups in total. The van der Waals surface area contributed by atoms with Gasteiger partial charge < -0.3 is 10.2 Å². The molecule has 0 amide bonds. The van der Waals surface area contributed by atoms with Crippen molar-refractivity contribution in [3.8, 4) is 0 Å². The third kappa shape index (κ3) is 4.86. The summed E-state index contributed by atoms with van der Waals surface area (Å²) < 4.78 is 0. The maximum Gasteiger partial charge on any atom is 0.101 e. The van der Waals surface area contributed by atoms with Crippen LogP contribution in [0.25, 0.3) is 0 Å². The highest BCUT2D eigenvalue weighted by Crippen LogP contribution is 2.22. The van der Waals surface area contributed by atoms with E-state index < -0.39 is 12.2 Å². The number of hydrogen-bond acceptors (Lipinski definition) is 4. The second kappa shape index (κ2) is 10.8. The Labute approximate surface area is 135 Å². The molecule has 4 unspecified atom stereocenters. The highest BCUT2D eigenvalue weighted by atomic mass is 35.5. The number of aliphatic hydroxyl groups is 2. The molecule has 6 heteroatoms. The van der Waals surface area contributed by atoms with Crippen molar-refractivity contribution in [2.45, 2.75) is 52.0 Å². The first-order chi connectivity index (χ1) is 8.60. The summed E-state index contributed by atoms with van der Waals surface area (Å²) in [4.78, 5) is 4.34. The molecule has 0 spiro atoms. The molecule has 0 saturated heterocycles. The van der Waals surface area contributed by atoms with Crippen LogP contribution in [-0.2, 0) is 0 Å². The van der Waals surface area contributed by atoms with Crippen LogP contribution in [-0.4, -0.2) is 70.5 Å². The molecule has 0 aromatic rings. The first kappa shape index (κ1) is 22.4. The Bertz CT molecular complexity index is 246. The summed E-state index contributed by atoms with van der Waals surface area (Å²) in [5.74, 6) is 0. The fourth-order valence-corrected chi connectivity index (χ4v) is 2.83. The van der Waals surface area contributed by atoms with Crippen LogP contribution in [0.5, 0.6) is 0 Å². The van der Waals surface area contributed by atoms with Crippen LogP contribution in [0.4, 0.5) is 0 Å². The molecule has 0 aromatic heterocycles. The third-order valence-corrected chi connectivity index (χ3v) is 4.02. The first-order valence-corrected chi connectivity index (χ1v) is 7.13. The Morgan fingerprint density at radius 2 is 0.950 bits per heavy atom. The van der Waals surface area contributed by atoms with E-state index in [9.17, 15) is 10.2 Å². The molecule has 4 atom stereocenters. The summed E-state index contributed by atoms with van der Waals surface area (Å²) in [6.07, 6.45) is 2.68. The number of nitrogens with zero attached hydrogens (tertiary/aromatic N) is 2. The van der Waals surface area contributed by atoms with Crippen molar-refractivity contribution in [1.29, 1.82) is 0 Å². The Balaban J connectivity index is 0. The Hall–Kier alpha value is 0.160. The number of hydrogen-bond donors (Lipinski definition) is 2. The summed E-state index contributed by atoms with van der Waals surface area (Å²) >= 11 is 0. The molecule has 0 heterocycles. The zero-order valence-electron chi connectivity index (χ0n) is 12.9. The van der Waals surface area contributed by atoms with Crippen LogP contribution >= 0.6 is 24.8 Å². The minimum absolute atomic E-state index is 0. The van der Waals surface area contributed by atoms with Gasteiger partial charge in [0.05, 0.1) is 12.1 Å². The smallest absolute Gasteiger partial charge is 0.101 e. The predicted octanol–water partition coefficient (Wildman–Crippen LogP) is 1.54. The quantitative estimate of drug-likeness (QED) is 0.726. The van der Waals surface area contributed by atoms with E-state index in [1.165, 1.54) is 0 Å². The van der Waals surface area contributed by atoms with Crippen molar-refractivity contribution < 1.29 is 10.2 Å². The van der Waals surface area contributed by atoms with E-state index in [1.54, 1.807) is 0 Å². The third-order valence-electron chi connectivity index (χ3n) is 4.02. The molecule has 0 radical (unpaired) electrons. The second-order valence-corrected chi connectivity index (χ2v) is 4.79. The van der Waals surface area contributed by atoms with Crippen molar-refractivity contribution in [1.82, 2.24) is 9.80 Å². The fourth-order valence-electron chi connectivity index (χ4n) is 2.83. The van der Waals surface area contributed by atoms with Crippen LogP contribution in [0, 0.1) is 0 Å². The van der Waals surface area contributed by atoms with E-state index in [2.05, 4.69) is 37.5 Å². The van der Waals surface area contributed by atoms with Crippen molar-refractivity contribution in [2.24, 2.45) is 0 Å². The topological polar surface area (TPSA) is 46.9 Å². The normalized spacial score (nSPS) is 29.2. The molecule has 1 aliphatic rings. The minimum atomic E-state index is -0.708. The van der Waals surface area contributed by atoms with Gasteiger partial charge in [0.2, 0.25) is 0 Å². The summed E-state index contributed by atoms with van der Waals surface area (Å²) in [5.41, 5.74) is 0. The van der Waals surface area contributed by atoms with Gasteiger partial charge in [0, 0.05) is 0 Å². The van der Waals surface area contributed by atoms with E-state index in [4.69, 9.17) is 0 Å². The van der Waals surface area contributed by atoms with E-state index >= 15 is 0 Å². The van der Waals surface area contributed by atoms with Gasteiger partial charge in [-0.05, 0) is 26.2 Å². The molecular weight excluding hydrogens is 299 g/mol. The van der Waals surface area contributed by atoms with Crippen LogP contribution in [0.3, 0.4) is 0 Å². The van der Waals surface area contributed by atoms with Gasteiger partial charge in [0.25, 0.3) is 0 Å². The van der Waals surface area contributed by atoms with Gasteiger partial charge in [-0.25, -0.2) is 0 Å². The predicted molar refractivity (Wildman–Crippen MR) is 89.1 cm³/mol. The maximum absolute atomic E-state index is 10.3. The number of likely N-dealkylation sites (N-methyl/N-ethyl adjacent to an activating group) is 2. The first-order valence-electron chi connectivity index (χ1n) is 7.13. The summed E-state index contributed by atoms with van der Waals surface area (Å²) in [6, 6.07) is -0.136. The van der Waals surface area contributed by atoms with Gasteiger partial charge in [-0.3, -0.25) is 9.80 Å². The van der Waals surface area contributed by atoms with Crippen LogP contribution in [0.1, 0.15) is 27.7 Å². The molecule has 0 bridgehead atoms. The number of aliphatic hydroxyl groups excluding tert-OH is 2. The summed E-state index contributed by atoms with van der Waals surface area (Å²) in [6.45, 7) is 11.8. The average Bonchev–Trinajstić information content (AvgIpc) is 2.39. The summed E-state index contributed by atoms with van der Waals surface area (Å²) in [7, 11) is 0. The largest absolute Gasteiger partial charge is 0.388 e. The lowest BCUT2D eigenvalue weighted by Gasteiger charge is -2.42. The zero-order valence-corrected chi connectivity index (χ0v) is 14.5. The second-order valence-electron chi connectivity index (χ2n) is 4.79. The molecule has 0 saturated carbocycles. The van der Waals surface area contributed by atoms with E-state index in [-0.39, 0.29) is 36.9 Å². The highest BCUT2D eigenvalue weighted by molar-refractivity contribution is 5.85. The highest BCUT2D eigenvalue weighted by Gasteiger charge is 2.37. The van der Waals surface area contributed by atoms with E-state index in [0.717, 1.165) is 26.2 Å². The maximum atomic E-state index is 10.3. The molecule has 0 aromatic carbocycles. The van der Waals surface area contributed by atoms with Crippen LogP contribution < -0.4 is 0 Å². The summed E-state index contributed by atoms with van der Waals surface area (Å²) in [5, 5.41) is 20.6. The molecule has 0 fully saturated rings. The lowest BCUT2D eigenvalue weighted by atomic mass is 9.90. The molecule has 1 rings (SSSR count). The van der Waals surface area contributed by atoms with Gasteiger partial charge in [0.15, 0.2) is 0 Å². The van der Waals surface area contributed by atoms with Gasteiger partial charge >= 0.3 is 0 Å². The minimum Gasteiger partial charge on any atom is -0.388 e. The standard InChI is InChI=1S/C14H28N2O2.2ClH/c1-5-15(6-2)11-9-10-12(14(18)13(11)17)16(7-3)8-4;;/h9-14,17-18H,5-8H2,1-4H3;2*1H. The lowest BCUT2D eigenvalue weighted by molar-refractivity contribution is -0.0598. The molecule has 1 aliphatic carbocycles. The number of halogens is 2. The molecule has 20 heavy (non-hydrogen) atoms. The van der Waals surface area contributed by atoms with Gasteiger partial charge in [0.1, 0.15) is 12.2 Å². The Kier molecular flexibility index (Phi) is 12.1. The molecular formula is C14H30Cl2N2O2. The molecule has 4 nitrogen and oxygen atoms in total. The number of rotatable bonds is 6. The van der Waals surface area contributed by atoms with Crippen molar-refractivity contribution >= 4 is 24.8 Å². The van der Waals surface area contributed by atoms with E-state index in [1.807, 2.05) is 12.2 Å². The zero-order chi connectivity index (χ0) is 13.7. The van der Waals surface area contributed by atoms with Gasteiger partial charge in [-0.15, -0.1) is 24.8 Å². The van der Waals surface area contributed by atoms with Gasteiger partial charge in [-0.2, -0.15) is 0 Å².